The van der Waals surface area contributed by atoms with Gasteiger partial charge in [-0.05, 0) is 19.8 Å². The molecular weight excluding hydrogens is 288 g/mol. The average Bonchev–Trinajstić information content (AvgIpc) is 2.44. The number of unbranched alkanes of at least 4 members (excludes halogenated alkanes) is 2. The lowest BCUT2D eigenvalue weighted by atomic mass is 10.1. The molecule has 0 heterocycles. The van der Waals surface area contributed by atoms with Gasteiger partial charge in [-0.2, -0.15) is 5.26 Å². The van der Waals surface area contributed by atoms with Crippen molar-refractivity contribution in [1.29, 1.82) is 5.26 Å². The molecule has 0 aliphatic carbocycles. The molecule has 21 heavy (non-hydrogen) atoms. The Labute approximate surface area is 126 Å². The average molecular weight is 308 g/mol. The van der Waals surface area contributed by atoms with Crippen LogP contribution in [0.15, 0.2) is 30.3 Å². The van der Waals surface area contributed by atoms with Crippen LogP contribution in [-0.2, 0) is 10.0 Å². The molecule has 0 aliphatic heterocycles. The first-order valence-electron chi connectivity index (χ1n) is 6.90. The van der Waals surface area contributed by atoms with Gasteiger partial charge in [0.05, 0.1) is 11.8 Å². The van der Waals surface area contributed by atoms with Crippen LogP contribution in [0.1, 0.15) is 43.0 Å². The molecule has 114 valence electrons. The van der Waals surface area contributed by atoms with E-state index in [1.807, 2.05) is 12.1 Å². The van der Waals surface area contributed by atoms with Crippen LogP contribution < -0.4 is 4.72 Å². The standard InChI is InChI=1S/C15H20N2O3S/c1-13(12-15(18)14-8-4-2-5-9-14)17-21(19,20)11-7-3-6-10-16/h2,4-5,8-9,13,17H,3,6-7,11-12H2,1H3. The van der Waals surface area contributed by atoms with E-state index in [2.05, 4.69) is 4.72 Å². The second-order valence-corrected chi connectivity index (χ2v) is 6.82. The largest absolute Gasteiger partial charge is 0.294 e. The number of hydrogen-bond donors (Lipinski definition) is 1. The van der Waals surface area contributed by atoms with Gasteiger partial charge in [0.15, 0.2) is 5.78 Å². The van der Waals surface area contributed by atoms with Crippen molar-refractivity contribution in [3.8, 4) is 6.07 Å². The Hall–Kier alpha value is -1.71. The van der Waals surface area contributed by atoms with E-state index in [1.165, 1.54) is 0 Å². The van der Waals surface area contributed by atoms with Crippen LogP contribution in [0.3, 0.4) is 0 Å². The van der Waals surface area contributed by atoms with Crippen molar-refractivity contribution in [3.05, 3.63) is 35.9 Å². The summed E-state index contributed by atoms with van der Waals surface area (Å²) in [7, 11) is -3.40. The number of carbonyl (C=O) groups excluding carboxylic acids is 1. The van der Waals surface area contributed by atoms with E-state index in [-0.39, 0.29) is 18.0 Å². The first kappa shape index (κ1) is 17.3. The molecule has 0 amide bonds. The maximum absolute atomic E-state index is 12.0. The number of sulfonamides is 1. The quantitative estimate of drug-likeness (QED) is 0.560. The fourth-order valence-corrected chi connectivity index (χ4v) is 3.32. The molecule has 0 spiro atoms. The van der Waals surface area contributed by atoms with Crippen molar-refractivity contribution in [2.75, 3.05) is 5.75 Å². The number of nitrogens with zero attached hydrogens (tertiary/aromatic N) is 1. The molecule has 0 radical (unpaired) electrons. The van der Waals surface area contributed by atoms with Gasteiger partial charge >= 0.3 is 0 Å². The van der Waals surface area contributed by atoms with Crippen molar-refractivity contribution in [2.24, 2.45) is 0 Å². The van der Waals surface area contributed by atoms with Gasteiger partial charge in [-0.1, -0.05) is 30.3 Å². The highest BCUT2D eigenvalue weighted by atomic mass is 32.2. The Morgan fingerprint density at radius 1 is 1.29 bits per heavy atom. The third kappa shape index (κ3) is 7.02. The zero-order valence-electron chi connectivity index (χ0n) is 12.1. The van der Waals surface area contributed by atoms with Crippen LogP contribution in [0.5, 0.6) is 0 Å². The predicted molar refractivity (Wildman–Crippen MR) is 81.2 cm³/mol. The minimum Gasteiger partial charge on any atom is -0.294 e. The van der Waals surface area contributed by atoms with E-state index in [0.29, 0.717) is 24.8 Å². The van der Waals surface area contributed by atoms with Crippen molar-refractivity contribution >= 4 is 15.8 Å². The van der Waals surface area contributed by atoms with Crippen molar-refractivity contribution in [2.45, 2.75) is 38.6 Å². The summed E-state index contributed by atoms with van der Waals surface area (Å²) in [4.78, 5) is 12.0. The van der Waals surface area contributed by atoms with E-state index in [1.54, 1.807) is 31.2 Å². The van der Waals surface area contributed by atoms with Crippen LogP contribution >= 0.6 is 0 Å². The zero-order valence-corrected chi connectivity index (χ0v) is 12.9. The number of Topliss-reactive ketones (excluding diaryl/α,β-unsaturated/α-hetero) is 1. The van der Waals surface area contributed by atoms with Crippen LogP contribution in [-0.4, -0.2) is 26.0 Å². The molecule has 1 unspecified atom stereocenters. The molecule has 5 nitrogen and oxygen atoms in total. The molecule has 0 aliphatic rings. The molecule has 0 fully saturated rings. The molecule has 0 saturated carbocycles. The minimum atomic E-state index is -3.40. The highest BCUT2D eigenvalue weighted by Gasteiger charge is 2.17. The SMILES string of the molecule is CC(CC(=O)c1ccccc1)NS(=O)(=O)CCCCC#N. The molecular formula is C15H20N2O3S. The lowest BCUT2D eigenvalue weighted by Gasteiger charge is -2.13. The zero-order chi connectivity index (χ0) is 15.7. The number of nitriles is 1. The van der Waals surface area contributed by atoms with Crippen molar-refractivity contribution in [3.63, 3.8) is 0 Å². The van der Waals surface area contributed by atoms with Crippen LogP contribution in [0.25, 0.3) is 0 Å². The number of nitrogens with one attached hydrogen (secondary N) is 1. The first-order chi connectivity index (χ1) is 9.94. The van der Waals surface area contributed by atoms with Gasteiger partial charge in [0.2, 0.25) is 10.0 Å². The van der Waals surface area contributed by atoms with E-state index in [4.69, 9.17) is 5.26 Å². The highest BCUT2D eigenvalue weighted by Crippen LogP contribution is 2.07. The summed E-state index contributed by atoms with van der Waals surface area (Å²) >= 11 is 0. The first-order valence-corrected chi connectivity index (χ1v) is 8.55. The van der Waals surface area contributed by atoms with Gasteiger partial charge in [0.25, 0.3) is 0 Å². The van der Waals surface area contributed by atoms with Gasteiger partial charge < -0.3 is 0 Å². The molecule has 0 aromatic heterocycles. The van der Waals surface area contributed by atoms with Crippen molar-refractivity contribution in [1.82, 2.24) is 4.72 Å². The van der Waals surface area contributed by atoms with E-state index in [9.17, 15) is 13.2 Å². The monoisotopic (exact) mass is 308 g/mol. The number of carbonyl (C=O) groups is 1. The molecule has 6 heteroatoms. The number of hydrogen-bond acceptors (Lipinski definition) is 4. The fraction of sp³-hybridized carbons (Fsp3) is 0.467. The number of ketones is 1. The van der Waals surface area contributed by atoms with Crippen LogP contribution in [0.2, 0.25) is 0 Å². The van der Waals surface area contributed by atoms with Crippen molar-refractivity contribution < 1.29 is 13.2 Å². The van der Waals surface area contributed by atoms with Gasteiger partial charge in [0, 0.05) is 24.4 Å². The predicted octanol–water partition coefficient (Wildman–Crippen LogP) is 2.26. The summed E-state index contributed by atoms with van der Waals surface area (Å²) in [6.07, 6.45) is 1.50. The Balaban J connectivity index is 2.44. The maximum atomic E-state index is 12.0. The molecule has 1 atom stereocenters. The molecule has 1 aromatic carbocycles. The molecule has 0 bridgehead atoms. The van der Waals surface area contributed by atoms with Gasteiger partial charge in [-0.3, -0.25) is 4.79 Å². The lowest BCUT2D eigenvalue weighted by molar-refractivity contribution is 0.0975. The van der Waals surface area contributed by atoms with Gasteiger partial charge in [0.1, 0.15) is 0 Å². The molecule has 0 saturated heterocycles. The van der Waals surface area contributed by atoms with Crippen LogP contribution in [0.4, 0.5) is 0 Å². The Morgan fingerprint density at radius 2 is 1.95 bits per heavy atom. The number of rotatable bonds is 9. The molecule has 1 rings (SSSR count). The second-order valence-electron chi connectivity index (χ2n) is 4.95. The van der Waals surface area contributed by atoms with E-state index >= 15 is 0 Å². The summed E-state index contributed by atoms with van der Waals surface area (Å²) in [5.41, 5.74) is 0.581. The minimum absolute atomic E-state index is 0.0153. The second kappa shape index (κ2) is 8.55. The van der Waals surface area contributed by atoms with Crippen LogP contribution in [0, 0.1) is 11.3 Å². The fourth-order valence-electron chi connectivity index (χ4n) is 1.92. The topological polar surface area (TPSA) is 87.0 Å². The Bertz CT molecular complexity index is 591. The number of benzene rings is 1. The lowest BCUT2D eigenvalue weighted by Crippen LogP contribution is -2.35. The third-order valence-corrected chi connectivity index (χ3v) is 4.51. The smallest absolute Gasteiger partial charge is 0.211 e. The summed E-state index contributed by atoms with van der Waals surface area (Å²) in [6, 6.07) is 10.3. The van der Waals surface area contributed by atoms with Gasteiger partial charge in [-0.25, -0.2) is 13.1 Å². The summed E-state index contributed by atoms with van der Waals surface area (Å²) in [5.74, 6) is -0.103. The normalized spacial score (nSPS) is 12.6. The van der Waals surface area contributed by atoms with E-state index < -0.39 is 16.1 Å². The Morgan fingerprint density at radius 3 is 2.57 bits per heavy atom. The van der Waals surface area contributed by atoms with E-state index in [0.717, 1.165) is 0 Å². The summed E-state index contributed by atoms with van der Waals surface area (Å²) in [5, 5.41) is 8.40. The Kier molecular flexibility index (Phi) is 7.06. The maximum Gasteiger partial charge on any atom is 0.211 e. The molecule has 1 N–H and O–H groups in total. The molecule has 1 aromatic rings. The third-order valence-electron chi connectivity index (χ3n) is 2.92. The summed E-state index contributed by atoms with van der Waals surface area (Å²) in [6.45, 7) is 1.67. The van der Waals surface area contributed by atoms with Gasteiger partial charge in [-0.15, -0.1) is 0 Å². The highest BCUT2D eigenvalue weighted by molar-refractivity contribution is 7.89. The summed E-state index contributed by atoms with van der Waals surface area (Å²) < 4.78 is 26.1.